The van der Waals surface area contributed by atoms with Crippen LogP contribution in [0.2, 0.25) is 0 Å². The molecule has 0 spiro atoms. The smallest absolute Gasteiger partial charge is 0.253 e. The Bertz CT molecular complexity index is 1460. The van der Waals surface area contributed by atoms with Gasteiger partial charge in [0.25, 0.3) is 10.9 Å². The summed E-state index contributed by atoms with van der Waals surface area (Å²) in [5.41, 5.74) is 1.91. The van der Waals surface area contributed by atoms with E-state index in [0.29, 0.717) is 68.2 Å². The summed E-state index contributed by atoms with van der Waals surface area (Å²) in [6.45, 7) is 3.09. The highest BCUT2D eigenvalue weighted by molar-refractivity contribution is 5.75. The molecule has 1 aliphatic carbocycles. The standard InChI is InChI=1S/C38H53N3O7/c1-45-17-18-48-38(28-13-8-5-9-14-28)29-15-10-16-41(25-29)35-34(36(43)37(35)44)40-32(21-26-11-6-4-7-12-26)33(42)24-39-23-27-19-30(46-2)22-31(20-27)47-3/h5,8-9,13-14,19-20,22,26,29,32-33,38-40,42H,4,6-7,10-12,15-18,21,23-25H2,1-3H3/t29?,32-,33+,38-/m0/s1. The zero-order valence-corrected chi connectivity index (χ0v) is 28.7. The Labute approximate surface area is 284 Å². The van der Waals surface area contributed by atoms with E-state index in [1.54, 1.807) is 21.3 Å². The Balaban J connectivity index is 1.30. The average Bonchev–Trinajstić information content (AvgIpc) is 3.13. The van der Waals surface area contributed by atoms with Crippen molar-refractivity contribution in [1.29, 1.82) is 0 Å². The SMILES string of the molecule is COCCO[C@@H](c1ccccc1)C1CCCN(c2c(N[C@@H](CC3CCCCC3)[C@H](O)CNCc3cc(OC)cc(OC)c3)c(=O)c2=O)C1. The fourth-order valence-corrected chi connectivity index (χ4v) is 7.44. The van der Waals surface area contributed by atoms with Gasteiger partial charge in [-0.05, 0) is 48.4 Å². The van der Waals surface area contributed by atoms with Crippen LogP contribution in [0.15, 0.2) is 58.1 Å². The summed E-state index contributed by atoms with van der Waals surface area (Å²) in [5.74, 6) is 2.00. The highest BCUT2D eigenvalue weighted by atomic mass is 16.5. The summed E-state index contributed by atoms with van der Waals surface area (Å²) in [6.07, 6.45) is 7.46. The van der Waals surface area contributed by atoms with Crippen LogP contribution in [0, 0.1) is 11.8 Å². The van der Waals surface area contributed by atoms with E-state index in [2.05, 4.69) is 27.7 Å². The number of nitrogens with one attached hydrogen (secondary N) is 2. The molecule has 3 N–H and O–H groups in total. The molecule has 1 heterocycles. The van der Waals surface area contributed by atoms with Gasteiger partial charge in [-0.2, -0.15) is 0 Å². The Morgan fingerprint density at radius 2 is 1.62 bits per heavy atom. The molecule has 0 amide bonds. The number of hydrogen-bond acceptors (Lipinski definition) is 10. The fraction of sp³-hybridized carbons (Fsp3) is 0.579. The van der Waals surface area contributed by atoms with E-state index in [0.717, 1.165) is 43.2 Å². The first kappa shape index (κ1) is 35.9. The van der Waals surface area contributed by atoms with Crippen molar-refractivity contribution in [3.05, 3.63) is 80.1 Å². The van der Waals surface area contributed by atoms with Crippen LogP contribution in [-0.2, 0) is 16.0 Å². The van der Waals surface area contributed by atoms with Crippen molar-refractivity contribution in [3.8, 4) is 11.5 Å². The van der Waals surface area contributed by atoms with Gasteiger partial charge in [0.2, 0.25) is 0 Å². The lowest BCUT2D eigenvalue weighted by atomic mass is 9.83. The Hall–Kier alpha value is -3.44. The third-order valence-electron chi connectivity index (χ3n) is 10.0. The van der Waals surface area contributed by atoms with E-state index < -0.39 is 17.0 Å². The Morgan fingerprint density at radius 1 is 0.896 bits per heavy atom. The van der Waals surface area contributed by atoms with E-state index in [4.69, 9.17) is 18.9 Å². The first-order valence-electron chi connectivity index (χ1n) is 17.5. The zero-order valence-electron chi connectivity index (χ0n) is 28.7. The molecule has 10 heteroatoms. The Kier molecular flexibility index (Phi) is 13.3. The summed E-state index contributed by atoms with van der Waals surface area (Å²) in [6, 6.07) is 15.5. The molecule has 1 saturated heterocycles. The third kappa shape index (κ3) is 9.16. The molecule has 1 saturated carbocycles. The molecule has 1 unspecified atom stereocenters. The summed E-state index contributed by atoms with van der Waals surface area (Å²) in [4.78, 5) is 28.4. The predicted octanol–water partition coefficient (Wildman–Crippen LogP) is 4.82. The average molecular weight is 664 g/mol. The minimum absolute atomic E-state index is 0.137. The maximum absolute atomic E-state index is 13.2. The molecule has 48 heavy (non-hydrogen) atoms. The van der Waals surface area contributed by atoms with Crippen LogP contribution in [0.4, 0.5) is 11.4 Å². The van der Waals surface area contributed by atoms with E-state index in [9.17, 15) is 14.7 Å². The van der Waals surface area contributed by atoms with Crippen LogP contribution < -0.4 is 35.9 Å². The fourth-order valence-electron chi connectivity index (χ4n) is 7.44. The first-order chi connectivity index (χ1) is 23.4. The van der Waals surface area contributed by atoms with Gasteiger partial charge in [-0.3, -0.25) is 9.59 Å². The van der Waals surface area contributed by atoms with Gasteiger partial charge in [-0.15, -0.1) is 0 Å². The molecule has 0 bridgehead atoms. The molecule has 2 aliphatic rings. The molecule has 5 rings (SSSR count). The second-order valence-corrected chi connectivity index (χ2v) is 13.3. The molecule has 1 aliphatic heterocycles. The van der Waals surface area contributed by atoms with E-state index in [1.165, 1.54) is 19.3 Å². The lowest BCUT2D eigenvalue weighted by molar-refractivity contribution is -0.0181. The van der Waals surface area contributed by atoms with Gasteiger partial charge >= 0.3 is 0 Å². The topological polar surface area (TPSA) is 119 Å². The minimum Gasteiger partial charge on any atom is -0.497 e. The van der Waals surface area contributed by atoms with Crippen molar-refractivity contribution < 1.29 is 24.1 Å². The van der Waals surface area contributed by atoms with Crippen LogP contribution in [0.5, 0.6) is 11.5 Å². The van der Waals surface area contributed by atoms with Crippen molar-refractivity contribution in [2.45, 2.75) is 76.2 Å². The van der Waals surface area contributed by atoms with Crippen LogP contribution in [0.25, 0.3) is 0 Å². The van der Waals surface area contributed by atoms with Crippen molar-refractivity contribution in [3.63, 3.8) is 0 Å². The molecule has 4 atom stereocenters. The van der Waals surface area contributed by atoms with Crippen molar-refractivity contribution in [2.24, 2.45) is 11.8 Å². The third-order valence-corrected chi connectivity index (χ3v) is 10.0. The number of hydrogen-bond donors (Lipinski definition) is 3. The van der Waals surface area contributed by atoms with Crippen molar-refractivity contribution in [1.82, 2.24) is 5.32 Å². The second kappa shape index (κ2) is 17.8. The quantitative estimate of drug-likeness (QED) is 0.129. The van der Waals surface area contributed by atoms with Crippen molar-refractivity contribution >= 4 is 11.4 Å². The molecule has 0 radical (unpaired) electrons. The second-order valence-electron chi connectivity index (χ2n) is 13.3. The number of rotatable bonds is 18. The van der Waals surface area contributed by atoms with E-state index >= 15 is 0 Å². The number of benzene rings is 2. The molecule has 0 aromatic heterocycles. The summed E-state index contributed by atoms with van der Waals surface area (Å²) < 4.78 is 22.4. The number of piperidine rings is 1. The minimum atomic E-state index is -0.776. The van der Waals surface area contributed by atoms with Gasteiger partial charge in [-0.1, -0.05) is 62.4 Å². The molecule has 262 valence electrons. The Morgan fingerprint density at radius 3 is 2.31 bits per heavy atom. The molecule has 10 nitrogen and oxygen atoms in total. The highest BCUT2D eigenvalue weighted by Gasteiger charge is 2.35. The van der Waals surface area contributed by atoms with Gasteiger partial charge in [0.1, 0.15) is 22.9 Å². The normalized spacial score (nSPS) is 19.2. The number of ether oxygens (including phenoxy) is 4. The lowest BCUT2D eigenvalue weighted by Gasteiger charge is -2.40. The maximum atomic E-state index is 13.2. The van der Waals surface area contributed by atoms with Crippen LogP contribution in [0.1, 0.15) is 68.6 Å². The number of nitrogens with zero attached hydrogens (tertiary/aromatic N) is 1. The molecule has 2 fully saturated rings. The van der Waals surface area contributed by atoms with Gasteiger partial charge in [0.05, 0.1) is 45.7 Å². The van der Waals surface area contributed by atoms with Crippen LogP contribution >= 0.6 is 0 Å². The number of methoxy groups -OCH3 is 3. The number of aliphatic hydroxyl groups excluding tert-OH is 1. The summed E-state index contributed by atoms with van der Waals surface area (Å²) >= 11 is 0. The van der Waals surface area contributed by atoms with Gasteiger partial charge in [0, 0.05) is 45.3 Å². The maximum Gasteiger partial charge on any atom is 0.253 e. The van der Waals surface area contributed by atoms with Crippen LogP contribution in [-0.4, -0.2) is 71.4 Å². The van der Waals surface area contributed by atoms with Crippen LogP contribution in [0.3, 0.4) is 0 Å². The largest absolute Gasteiger partial charge is 0.497 e. The predicted molar refractivity (Wildman–Crippen MR) is 189 cm³/mol. The number of aliphatic hydroxyl groups is 1. The zero-order chi connectivity index (χ0) is 33.9. The van der Waals surface area contributed by atoms with Gasteiger partial charge in [0.15, 0.2) is 0 Å². The van der Waals surface area contributed by atoms with Crippen molar-refractivity contribution in [2.75, 3.05) is 64.4 Å². The molecule has 3 aromatic rings. The van der Waals surface area contributed by atoms with E-state index in [-0.39, 0.29) is 18.1 Å². The van der Waals surface area contributed by atoms with E-state index in [1.807, 2.05) is 36.4 Å². The summed E-state index contributed by atoms with van der Waals surface area (Å²) in [7, 11) is 4.90. The molecular weight excluding hydrogens is 610 g/mol. The highest BCUT2D eigenvalue weighted by Crippen LogP contribution is 2.36. The first-order valence-corrected chi connectivity index (χ1v) is 17.5. The molecule has 3 aromatic carbocycles. The van der Waals surface area contributed by atoms with Gasteiger partial charge in [-0.25, -0.2) is 0 Å². The monoisotopic (exact) mass is 663 g/mol. The molecular formula is C38H53N3O7. The number of anilines is 2. The summed E-state index contributed by atoms with van der Waals surface area (Å²) in [5, 5.41) is 18.3. The lowest BCUT2D eigenvalue weighted by Crippen LogP contribution is -2.50. The van der Waals surface area contributed by atoms with Gasteiger partial charge < -0.3 is 39.6 Å².